The van der Waals surface area contributed by atoms with E-state index in [1.807, 2.05) is 18.3 Å². The van der Waals surface area contributed by atoms with Crippen LogP contribution in [-0.2, 0) is 13.1 Å². The Morgan fingerprint density at radius 2 is 1.82 bits per heavy atom. The SMILES string of the molecule is CCN(CC)CCOc1ccc(CNC(=NC)NCc2ncc(C)s2)cc1.I. The molecule has 0 radical (unpaired) electrons. The molecule has 2 N–H and O–H groups in total. The first kappa shape index (κ1) is 24.6. The van der Waals surface area contributed by atoms with Crippen LogP contribution in [0.1, 0.15) is 29.3 Å². The first-order valence-electron chi connectivity index (χ1n) is 9.44. The summed E-state index contributed by atoms with van der Waals surface area (Å²) in [5, 5.41) is 7.67. The lowest BCUT2D eigenvalue weighted by atomic mass is 10.2. The van der Waals surface area contributed by atoms with Crippen LogP contribution in [0.15, 0.2) is 35.5 Å². The number of hydrogen-bond donors (Lipinski definition) is 2. The number of rotatable bonds is 10. The summed E-state index contributed by atoms with van der Waals surface area (Å²) in [7, 11) is 1.77. The molecule has 0 fully saturated rings. The van der Waals surface area contributed by atoms with Gasteiger partial charge in [0.15, 0.2) is 5.96 Å². The lowest BCUT2D eigenvalue weighted by molar-refractivity contribution is 0.223. The van der Waals surface area contributed by atoms with Gasteiger partial charge in [0, 0.05) is 31.2 Å². The van der Waals surface area contributed by atoms with Crippen LogP contribution in [0, 0.1) is 6.92 Å². The van der Waals surface area contributed by atoms with Crippen molar-refractivity contribution >= 4 is 41.3 Å². The molecule has 0 spiro atoms. The molecule has 2 aromatic rings. The predicted molar refractivity (Wildman–Crippen MR) is 129 cm³/mol. The Hall–Kier alpha value is -1.39. The van der Waals surface area contributed by atoms with Gasteiger partial charge in [-0.1, -0.05) is 26.0 Å². The van der Waals surface area contributed by atoms with Crippen molar-refractivity contribution in [3.63, 3.8) is 0 Å². The highest BCUT2D eigenvalue weighted by molar-refractivity contribution is 14.0. The Balaban J connectivity index is 0.00000392. The van der Waals surface area contributed by atoms with Gasteiger partial charge in [-0.2, -0.15) is 0 Å². The molecule has 0 aliphatic carbocycles. The van der Waals surface area contributed by atoms with E-state index in [9.17, 15) is 0 Å². The third-order valence-electron chi connectivity index (χ3n) is 4.25. The Bertz CT molecular complexity index is 701. The van der Waals surface area contributed by atoms with Crippen LogP contribution >= 0.6 is 35.3 Å². The number of hydrogen-bond acceptors (Lipinski definition) is 5. The van der Waals surface area contributed by atoms with Crippen molar-refractivity contribution in [2.75, 3.05) is 33.3 Å². The summed E-state index contributed by atoms with van der Waals surface area (Å²) < 4.78 is 5.83. The molecule has 6 nitrogen and oxygen atoms in total. The lowest BCUT2D eigenvalue weighted by Crippen LogP contribution is -2.36. The van der Waals surface area contributed by atoms with E-state index < -0.39 is 0 Å². The van der Waals surface area contributed by atoms with E-state index >= 15 is 0 Å². The molecule has 0 bridgehead atoms. The predicted octanol–water partition coefficient (Wildman–Crippen LogP) is 3.66. The first-order chi connectivity index (χ1) is 13.1. The first-order valence-corrected chi connectivity index (χ1v) is 10.3. The molecule has 156 valence electrons. The Kier molecular flexibility index (Phi) is 12.1. The quantitative estimate of drug-likeness (QED) is 0.286. The molecule has 1 heterocycles. The molecule has 0 atom stereocenters. The van der Waals surface area contributed by atoms with Crippen LogP contribution in [0.3, 0.4) is 0 Å². The summed E-state index contributed by atoms with van der Waals surface area (Å²) >= 11 is 1.69. The molecule has 0 amide bonds. The van der Waals surface area contributed by atoms with Crippen LogP contribution in [0.5, 0.6) is 5.75 Å². The zero-order valence-corrected chi connectivity index (χ0v) is 20.3. The average Bonchev–Trinajstić information content (AvgIpc) is 3.11. The number of halogens is 1. The summed E-state index contributed by atoms with van der Waals surface area (Å²) in [6.07, 6.45) is 1.89. The summed E-state index contributed by atoms with van der Waals surface area (Å²) in [4.78, 5) is 12.2. The van der Waals surface area contributed by atoms with Gasteiger partial charge in [-0.15, -0.1) is 35.3 Å². The zero-order valence-electron chi connectivity index (χ0n) is 17.2. The highest BCUT2D eigenvalue weighted by atomic mass is 127. The second kappa shape index (κ2) is 13.7. The molecule has 0 unspecified atom stereocenters. The summed E-state index contributed by atoms with van der Waals surface area (Å²) in [5.74, 6) is 1.68. The van der Waals surface area contributed by atoms with Crippen LogP contribution in [0.25, 0.3) is 0 Å². The van der Waals surface area contributed by atoms with Gasteiger partial charge < -0.3 is 20.3 Å². The van der Waals surface area contributed by atoms with E-state index in [1.54, 1.807) is 18.4 Å². The van der Waals surface area contributed by atoms with E-state index in [0.29, 0.717) is 19.7 Å². The number of nitrogens with one attached hydrogen (secondary N) is 2. The summed E-state index contributed by atoms with van der Waals surface area (Å²) in [6, 6.07) is 8.20. The number of likely N-dealkylation sites (N-methyl/N-ethyl adjacent to an activating group) is 1. The fraction of sp³-hybridized carbons (Fsp3) is 0.500. The average molecular weight is 517 g/mol. The fourth-order valence-electron chi connectivity index (χ4n) is 2.58. The second-order valence-electron chi connectivity index (χ2n) is 6.16. The van der Waals surface area contributed by atoms with E-state index in [-0.39, 0.29) is 24.0 Å². The van der Waals surface area contributed by atoms with Gasteiger partial charge in [0.2, 0.25) is 0 Å². The van der Waals surface area contributed by atoms with Crippen LogP contribution in [0.4, 0.5) is 0 Å². The number of aliphatic imine (C=N–C) groups is 1. The highest BCUT2D eigenvalue weighted by Crippen LogP contribution is 2.12. The molecule has 0 saturated heterocycles. The maximum atomic E-state index is 5.83. The number of benzene rings is 1. The van der Waals surface area contributed by atoms with E-state index in [2.05, 4.69) is 58.4 Å². The van der Waals surface area contributed by atoms with Crippen molar-refractivity contribution in [1.82, 2.24) is 20.5 Å². The molecule has 2 rings (SSSR count). The number of nitrogens with zero attached hydrogens (tertiary/aromatic N) is 3. The van der Waals surface area contributed by atoms with Crippen molar-refractivity contribution in [3.05, 3.63) is 45.9 Å². The number of thiazole rings is 1. The van der Waals surface area contributed by atoms with Gasteiger partial charge in [0.25, 0.3) is 0 Å². The Morgan fingerprint density at radius 1 is 1.14 bits per heavy atom. The van der Waals surface area contributed by atoms with Gasteiger partial charge in [-0.3, -0.25) is 4.99 Å². The summed E-state index contributed by atoms with van der Waals surface area (Å²) in [6.45, 7) is 11.6. The van der Waals surface area contributed by atoms with Crippen molar-refractivity contribution in [2.24, 2.45) is 4.99 Å². The van der Waals surface area contributed by atoms with Crippen molar-refractivity contribution in [1.29, 1.82) is 0 Å². The molecule has 1 aromatic carbocycles. The van der Waals surface area contributed by atoms with Crippen LogP contribution in [-0.4, -0.2) is 49.1 Å². The highest BCUT2D eigenvalue weighted by Gasteiger charge is 2.03. The normalized spacial score (nSPS) is 11.2. The maximum absolute atomic E-state index is 5.83. The van der Waals surface area contributed by atoms with Gasteiger partial charge in [-0.25, -0.2) is 4.98 Å². The van der Waals surface area contributed by atoms with E-state index in [4.69, 9.17) is 4.74 Å². The van der Waals surface area contributed by atoms with E-state index in [1.165, 1.54) is 10.4 Å². The number of guanidine groups is 1. The topological polar surface area (TPSA) is 61.8 Å². The number of ether oxygens (including phenoxy) is 1. The van der Waals surface area contributed by atoms with Gasteiger partial charge in [0.05, 0.1) is 6.54 Å². The molecule has 0 aliphatic rings. The maximum Gasteiger partial charge on any atom is 0.191 e. The smallest absolute Gasteiger partial charge is 0.191 e. The zero-order chi connectivity index (χ0) is 19.5. The third kappa shape index (κ3) is 8.74. The standard InChI is InChI=1S/C20H31N5OS.HI/c1-5-25(6-2)11-12-26-18-9-7-17(8-10-18)14-23-20(21-4)24-15-19-22-13-16(3)27-19;/h7-10,13H,5-6,11-12,14-15H2,1-4H3,(H2,21,23,24);1H. The Morgan fingerprint density at radius 3 is 2.39 bits per heavy atom. The lowest BCUT2D eigenvalue weighted by Gasteiger charge is -2.18. The van der Waals surface area contributed by atoms with Gasteiger partial charge in [0.1, 0.15) is 17.4 Å². The molecular formula is C20H32IN5OS. The third-order valence-corrected chi connectivity index (χ3v) is 5.17. The second-order valence-corrected chi connectivity index (χ2v) is 7.48. The van der Waals surface area contributed by atoms with Crippen LogP contribution in [0.2, 0.25) is 0 Å². The molecule has 0 saturated carbocycles. The number of aromatic nitrogens is 1. The monoisotopic (exact) mass is 517 g/mol. The molecular weight excluding hydrogens is 485 g/mol. The van der Waals surface area contributed by atoms with Crippen molar-refractivity contribution in [2.45, 2.75) is 33.9 Å². The molecule has 0 aliphatic heterocycles. The molecule has 28 heavy (non-hydrogen) atoms. The minimum atomic E-state index is 0. The van der Waals surface area contributed by atoms with Gasteiger partial charge in [-0.05, 0) is 37.7 Å². The minimum absolute atomic E-state index is 0. The minimum Gasteiger partial charge on any atom is -0.492 e. The van der Waals surface area contributed by atoms with Gasteiger partial charge >= 0.3 is 0 Å². The number of aryl methyl sites for hydroxylation is 1. The van der Waals surface area contributed by atoms with Crippen molar-refractivity contribution in [3.8, 4) is 5.75 Å². The molecule has 8 heteroatoms. The van der Waals surface area contributed by atoms with Crippen molar-refractivity contribution < 1.29 is 4.74 Å². The molecule has 1 aromatic heterocycles. The summed E-state index contributed by atoms with van der Waals surface area (Å²) in [5.41, 5.74) is 1.18. The Labute approximate surface area is 189 Å². The largest absolute Gasteiger partial charge is 0.492 e. The van der Waals surface area contributed by atoms with Crippen LogP contribution < -0.4 is 15.4 Å². The van der Waals surface area contributed by atoms with E-state index in [0.717, 1.165) is 36.4 Å². The fourth-order valence-corrected chi connectivity index (χ4v) is 3.31.